The summed E-state index contributed by atoms with van der Waals surface area (Å²) in [5, 5.41) is 13.8. The first-order valence-electron chi connectivity index (χ1n) is 6.35. The summed E-state index contributed by atoms with van der Waals surface area (Å²) >= 11 is 0. The zero-order chi connectivity index (χ0) is 15.1. The third-order valence-electron chi connectivity index (χ3n) is 2.90. The van der Waals surface area contributed by atoms with Crippen LogP contribution in [0.5, 0.6) is 5.75 Å². The minimum Gasteiger partial charge on any atom is -0.496 e. The van der Waals surface area contributed by atoms with Gasteiger partial charge in [-0.05, 0) is 19.4 Å². The molecule has 0 bridgehead atoms. The minimum atomic E-state index is -0.451. The van der Waals surface area contributed by atoms with Gasteiger partial charge in [-0.15, -0.1) is 24.0 Å². The Morgan fingerprint density at radius 1 is 1.57 bits per heavy atom. The number of hydrogen-bond donors (Lipinski definition) is 2. The number of nitro benzene ring substituents is 1. The number of benzene rings is 1. The van der Waals surface area contributed by atoms with Crippen molar-refractivity contribution >= 4 is 35.6 Å². The van der Waals surface area contributed by atoms with Crippen LogP contribution < -0.4 is 15.8 Å². The van der Waals surface area contributed by atoms with Gasteiger partial charge in [0.2, 0.25) is 0 Å². The number of non-ortho nitro benzene ring substituents is 1. The van der Waals surface area contributed by atoms with Crippen LogP contribution in [0.4, 0.5) is 5.69 Å². The molecular weight excluding hydrogens is 387 g/mol. The molecule has 118 valence electrons. The number of nitrogens with one attached hydrogen (secondary N) is 1. The van der Waals surface area contributed by atoms with Crippen LogP contribution in [0, 0.1) is 10.1 Å². The van der Waals surface area contributed by atoms with Gasteiger partial charge in [-0.2, -0.15) is 0 Å². The molecule has 3 N–H and O–H groups in total. The SMILES string of the molecule is CCC(C)NC(N)=NCc1cc([N+](=O)[O-])ccc1OC.I. The van der Waals surface area contributed by atoms with Crippen LogP contribution >= 0.6 is 24.0 Å². The molecule has 1 aromatic carbocycles. The maximum atomic E-state index is 10.8. The summed E-state index contributed by atoms with van der Waals surface area (Å²) in [6.07, 6.45) is 0.927. The molecule has 1 aromatic rings. The summed E-state index contributed by atoms with van der Waals surface area (Å²) < 4.78 is 5.16. The molecule has 0 amide bonds. The molecule has 0 spiro atoms. The third kappa shape index (κ3) is 6.15. The van der Waals surface area contributed by atoms with Gasteiger partial charge < -0.3 is 15.8 Å². The smallest absolute Gasteiger partial charge is 0.270 e. The van der Waals surface area contributed by atoms with Crippen molar-refractivity contribution in [3.8, 4) is 5.75 Å². The second-order valence-corrected chi connectivity index (χ2v) is 4.41. The molecule has 0 fully saturated rings. The number of nitrogens with zero attached hydrogens (tertiary/aromatic N) is 2. The zero-order valence-electron chi connectivity index (χ0n) is 12.3. The molecule has 1 rings (SSSR count). The summed E-state index contributed by atoms with van der Waals surface area (Å²) in [6.45, 7) is 4.25. The highest BCUT2D eigenvalue weighted by Crippen LogP contribution is 2.24. The summed E-state index contributed by atoms with van der Waals surface area (Å²) in [4.78, 5) is 14.5. The largest absolute Gasteiger partial charge is 0.496 e. The number of rotatable bonds is 6. The van der Waals surface area contributed by atoms with Crippen LogP contribution in [0.2, 0.25) is 0 Å². The van der Waals surface area contributed by atoms with Gasteiger partial charge in [0.1, 0.15) is 5.75 Å². The fourth-order valence-electron chi connectivity index (χ4n) is 1.57. The van der Waals surface area contributed by atoms with E-state index < -0.39 is 4.92 Å². The highest BCUT2D eigenvalue weighted by atomic mass is 127. The maximum absolute atomic E-state index is 10.8. The normalized spacial score (nSPS) is 12.2. The van der Waals surface area contributed by atoms with E-state index in [4.69, 9.17) is 10.5 Å². The average Bonchev–Trinajstić information content (AvgIpc) is 2.44. The van der Waals surface area contributed by atoms with Crippen LogP contribution in [0.25, 0.3) is 0 Å². The second kappa shape index (κ2) is 9.37. The molecule has 0 aromatic heterocycles. The van der Waals surface area contributed by atoms with Gasteiger partial charge in [0.25, 0.3) is 5.69 Å². The molecule has 0 saturated carbocycles. The molecule has 21 heavy (non-hydrogen) atoms. The number of ether oxygens (including phenoxy) is 1. The topological polar surface area (TPSA) is 103 Å². The predicted octanol–water partition coefficient (Wildman–Crippen LogP) is 2.42. The van der Waals surface area contributed by atoms with Gasteiger partial charge in [-0.1, -0.05) is 6.92 Å². The van der Waals surface area contributed by atoms with Crippen molar-refractivity contribution in [2.24, 2.45) is 10.7 Å². The van der Waals surface area contributed by atoms with E-state index in [1.54, 1.807) is 6.07 Å². The highest BCUT2D eigenvalue weighted by molar-refractivity contribution is 14.0. The van der Waals surface area contributed by atoms with Crippen LogP contribution in [-0.2, 0) is 6.54 Å². The zero-order valence-corrected chi connectivity index (χ0v) is 14.7. The summed E-state index contributed by atoms with van der Waals surface area (Å²) in [5.74, 6) is 0.864. The third-order valence-corrected chi connectivity index (χ3v) is 2.90. The van der Waals surface area contributed by atoms with Crippen molar-refractivity contribution in [1.29, 1.82) is 0 Å². The molecule has 0 heterocycles. The number of halogens is 1. The number of nitrogens with two attached hydrogens (primary N) is 1. The number of aliphatic imine (C=N–C) groups is 1. The number of methoxy groups -OCH3 is 1. The van der Waals surface area contributed by atoms with Crippen molar-refractivity contribution < 1.29 is 9.66 Å². The monoisotopic (exact) mass is 408 g/mol. The summed E-state index contributed by atoms with van der Waals surface area (Å²) in [6, 6.07) is 4.62. The lowest BCUT2D eigenvalue weighted by Gasteiger charge is -2.12. The molecular formula is C13H21IN4O3. The summed E-state index contributed by atoms with van der Waals surface area (Å²) in [5.41, 5.74) is 6.38. The van der Waals surface area contributed by atoms with E-state index in [-0.39, 0.29) is 42.3 Å². The van der Waals surface area contributed by atoms with Crippen LogP contribution in [0.15, 0.2) is 23.2 Å². The van der Waals surface area contributed by atoms with E-state index in [1.807, 2.05) is 13.8 Å². The fourth-order valence-corrected chi connectivity index (χ4v) is 1.57. The number of guanidine groups is 1. The van der Waals surface area contributed by atoms with E-state index in [0.717, 1.165) is 6.42 Å². The van der Waals surface area contributed by atoms with Gasteiger partial charge in [0, 0.05) is 23.7 Å². The Bertz CT molecular complexity index is 508. The quantitative estimate of drug-likeness (QED) is 0.248. The molecule has 1 atom stereocenters. The Kier molecular flexibility index (Phi) is 8.67. The first-order valence-corrected chi connectivity index (χ1v) is 6.35. The van der Waals surface area contributed by atoms with E-state index >= 15 is 0 Å². The molecule has 0 radical (unpaired) electrons. The van der Waals surface area contributed by atoms with Gasteiger partial charge in [-0.25, -0.2) is 4.99 Å². The molecule has 8 heteroatoms. The number of nitro groups is 1. The van der Waals surface area contributed by atoms with E-state index in [9.17, 15) is 10.1 Å². The van der Waals surface area contributed by atoms with Crippen LogP contribution in [0.1, 0.15) is 25.8 Å². The van der Waals surface area contributed by atoms with Crippen LogP contribution in [0.3, 0.4) is 0 Å². The van der Waals surface area contributed by atoms with Crippen molar-refractivity contribution in [3.63, 3.8) is 0 Å². The van der Waals surface area contributed by atoms with Crippen molar-refractivity contribution in [3.05, 3.63) is 33.9 Å². The Morgan fingerprint density at radius 3 is 2.76 bits per heavy atom. The van der Waals surface area contributed by atoms with Crippen LogP contribution in [-0.4, -0.2) is 24.0 Å². The predicted molar refractivity (Wildman–Crippen MR) is 93.3 cm³/mol. The summed E-state index contributed by atoms with van der Waals surface area (Å²) in [7, 11) is 1.51. The molecule has 0 aliphatic heterocycles. The first-order chi connectivity index (χ1) is 9.47. The van der Waals surface area contributed by atoms with E-state index in [0.29, 0.717) is 17.3 Å². The van der Waals surface area contributed by atoms with Crippen molar-refractivity contribution in [1.82, 2.24) is 5.32 Å². The first kappa shape index (κ1) is 19.4. The molecule has 1 unspecified atom stereocenters. The van der Waals surface area contributed by atoms with Gasteiger partial charge in [0.05, 0.1) is 18.6 Å². The minimum absolute atomic E-state index is 0. The molecule has 7 nitrogen and oxygen atoms in total. The number of hydrogen-bond acceptors (Lipinski definition) is 4. The lowest BCUT2D eigenvalue weighted by Crippen LogP contribution is -2.38. The molecule has 0 aliphatic rings. The Morgan fingerprint density at radius 2 is 2.24 bits per heavy atom. The van der Waals surface area contributed by atoms with Crippen molar-refractivity contribution in [2.45, 2.75) is 32.9 Å². The van der Waals surface area contributed by atoms with E-state index in [2.05, 4.69) is 10.3 Å². The maximum Gasteiger partial charge on any atom is 0.270 e. The fraction of sp³-hybridized carbons (Fsp3) is 0.462. The Labute approximate surface area is 141 Å². The Balaban J connectivity index is 0.00000400. The second-order valence-electron chi connectivity index (χ2n) is 4.41. The van der Waals surface area contributed by atoms with E-state index in [1.165, 1.54) is 19.2 Å². The molecule has 0 aliphatic carbocycles. The lowest BCUT2D eigenvalue weighted by atomic mass is 10.2. The highest BCUT2D eigenvalue weighted by Gasteiger charge is 2.11. The lowest BCUT2D eigenvalue weighted by molar-refractivity contribution is -0.384. The van der Waals surface area contributed by atoms with Gasteiger partial charge >= 0.3 is 0 Å². The van der Waals surface area contributed by atoms with Crippen molar-refractivity contribution in [2.75, 3.05) is 7.11 Å². The molecule has 0 saturated heterocycles. The van der Waals surface area contributed by atoms with Gasteiger partial charge in [-0.3, -0.25) is 10.1 Å². The Hall–Kier alpha value is -1.58. The average molecular weight is 408 g/mol. The van der Waals surface area contributed by atoms with Gasteiger partial charge in [0.15, 0.2) is 5.96 Å². The standard InChI is InChI=1S/C13H20N4O3.HI/c1-4-9(2)16-13(14)15-8-10-7-11(17(18)19)5-6-12(10)20-3;/h5-7,9H,4,8H2,1-3H3,(H3,14,15,16);1H.